The topological polar surface area (TPSA) is 29.9 Å². The standard InChI is InChI=1S/C12H13F2N3.ClH/c1-8-7-17(2)16-12(8)15-6-9-4-3-5-10(13)11(9)14;/h3-5,7H,6H2,1-2H3,(H,15,16);1H. The average Bonchev–Trinajstić information content (AvgIpc) is 2.60. The molecule has 2 aromatic rings. The summed E-state index contributed by atoms with van der Waals surface area (Å²) in [7, 11) is 1.81. The summed E-state index contributed by atoms with van der Waals surface area (Å²) in [5, 5.41) is 7.15. The van der Waals surface area contributed by atoms with Crippen LogP contribution in [-0.4, -0.2) is 9.78 Å². The van der Waals surface area contributed by atoms with E-state index in [0.717, 1.165) is 11.6 Å². The minimum atomic E-state index is -0.831. The second kappa shape index (κ2) is 5.82. The molecule has 1 aromatic carbocycles. The quantitative estimate of drug-likeness (QED) is 0.932. The molecular formula is C12H14ClF2N3. The zero-order valence-corrected chi connectivity index (χ0v) is 10.9. The van der Waals surface area contributed by atoms with Gasteiger partial charge in [0.2, 0.25) is 0 Å². The first kappa shape index (κ1) is 14.4. The van der Waals surface area contributed by atoms with E-state index in [2.05, 4.69) is 10.4 Å². The summed E-state index contributed by atoms with van der Waals surface area (Å²) < 4.78 is 28.0. The summed E-state index contributed by atoms with van der Waals surface area (Å²) in [6, 6.07) is 4.13. The van der Waals surface area contributed by atoms with Crippen LogP contribution in [-0.2, 0) is 13.6 Å². The smallest absolute Gasteiger partial charge is 0.163 e. The van der Waals surface area contributed by atoms with Gasteiger partial charge in [-0.05, 0) is 13.0 Å². The third-order valence-corrected chi connectivity index (χ3v) is 2.49. The van der Waals surface area contributed by atoms with Crippen molar-refractivity contribution >= 4 is 18.2 Å². The Kier molecular flexibility index (Phi) is 4.67. The van der Waals surface area contributed by atoms with Crippen LogP contribution in [0.15, 0.2) is 24.4 Å². The Balaban J connectivity index is 0.00000162. The lowest BCUT2D eigenvalue weighted by atomic mass is 10.2. The highest BCUT2D eigenvalue weighted by Gasteiger charge is 2.08. The minimum absolute atomic E-state index is 0. The van der Waals surface area contributed by atoms with E-state index in [4.69, 9.17) is 0 Å². The molecule has 0 amide bonds. The molecule has 0 saturated carbocycles. The summed E-state index contributed by atoms with van der Waals surface area (Å²) in [6.07, 6.45) is 1.85. The van der Waals surface area contributed by atoms with Crippen molar-refractivity contribution in [3.05, 3.63) is 47.2 Å². The van der Waals surface area contributed by atoms with Crippen molar-refractivity contribution in [1.82, 2.24) is 9.78 Å². The van der Waals surface area contributed by atoms with Gasteiger partial charge in [0, 0.05) is 30.9 Å². The molecule has 1 aromatic heterocycles. The number of nitrogens with one attached hydrogen (secondary N) is 1. The second-order valence-corrected chi connectivity index (χ2v) is 3.90. The van der Waals surface area contributed by atoms with Crippen LogP contribution in [0, 0.1) is 18.6 Å². The third-order valence-electron chi connectivity index (χ3n) is 2.49. The van der Waals surface area contributed by atoms with Crippen molar-refractivity contribution in [3.63, 3.8) is 0 Å². The fraction of sp³-hybridized carbons (Fsp3) is 0.250. The summed E-state index contributed by atoms with van der Waals surface area (Å²) in [5.74, 6) is -0.966. The molecule has 6 heteroatoms. The number of anilines is 1. The van der Waals surface area contributed by atoms with Crippen molar-refractivity contribution in [2.75, 3.05) is 5.32 Å². The molecule has 2 rings (SSSR count). The van der Waals surface area contributed by atoms with Crippen LogP contribution in [0.1, 0.15) is 11.1 Å². The predicted molar refractivity (Wildman–Crippen MR) is 68.9 cm³/mol. The van der Waals surface area contributed by atoms with Gasteiger partial charge in [-0.25, -0.2) is 8.78 Å². The van der Waals surface area contributed by atoms with Crippen molar-refractivity contribution in [2.24, 2.45) is 7.05 Å². The van der Waals surface area contributed by atoms with Crippen molar-refractivity contribution in [2.45, 2.75) is 13.5 Å². The van der Waals surface area contributed by atoms with Crippen molar-refractivity contribution < 1.29 is 8.78 Å². The molecule has 0 aliphatic carbocycles. The number of aromatic nitrogens is 2. The molecule has 1 heterocycles. The Bertz CT molecular complexity index is 540. The Hall–Kier alpha value is -1.62. The van der Waals surface area contributed by atoms with Crippen LogP contribution >= 0.6 is 12.4 Å². The molecule has 0 atom stereocenters. The Morgan fingerprint density at radius 3 is 2.67 bits per heavy atom. The number of aryl methyl sites for hydroxylation is 2. The highest BCUT2D eigenvalue weighted by molar-refractivity contribution is 5.85. The van der Waals surface area contributed by atoms with E-state index in [1.165, 1.54) is 6.07 Å². The summed E-state index contributed by atoms with van der Waals surface area (Å²) in [6.45, 7) is 2.11. The molecule has 0 aliphatic rings. The number of rotatable bonds is 3. The normalized spacial score (nSPS) is 10.0. The number of hydrogen-bond donors (Lipinski definition) is 1. The zero-order valence-electron chi connectivity index (χ0n) is 10.1. The molecule has 98 valence electrons. The third kappa shape index (κ3) is 2.98. The van der Waals surface area contributed by atoms with Gasteiger partial charge in [0.15, 0.2) is 17.5 Å². The molecule has 0 radical (unpaired) electrons. The molecule has 0 fully saturated rings. The highest BCUT2D eigenvalue weighted by atomic mass is 35.5. The lowest BCUT2D eigenvalue weighted by Crippen LogP contribution is -2.04. The van der Waals surface area contributed by atoms with E-state index in [1.54, 1.807) is 17.8 Å². The first-order valence-corrected chi connectivity index (χ1v) is 5.25. The number of benzene rings is 1. The Morgan fingerprint density at radius 1 is 1.33 bits per heavy atom. The van der Waals surface area contributed by atoms with E-state index in [0.29, 0.717) is 5.82 Å². The fourth-order valence-electron chi connectivity index (χ4n) is 1.65. The van der Waals surface area contributed by atoms with Crippen LogP contribution in [0.2, 0.25) is 0 Å². The molecule has 0 bridgehead atoms. The lowest BCUT2D eigenvalue weighted by molar-refractivity contribution is 0.500. The second-order valence-electron chi connectivity index (χ2n) is 3.90. The fourth-order valence-corrected chi connectivity index (χ4v) is 1.65. The van der Waals surface area contributed by atoms with Gasteiger partial charge >= 0.3 is 0 Å². The van der Waals surface area contributed by atoms with Gasteiger partial charge in [0.05, 0.1) is 0 Å². The first-order valence-electron chi connectivity index (χ1n) is 5.25. The van der Waals surface area contributed by atoms with Gasteiger partial charge in [0.1, 0.15) is 0 Å². The number of halogens is 3. The highest BCUT2D eigenvalue weighted by Crippen LogP contribution is 2.15. The van der Waals surface area contributed by atoms with Gasteiger partial charge < -0.3 is 5.32 Å². The molecule has 0 unspecified atom stereocenters. The zero-order chi connectivity index (χ0) is 12.4. The molecule has 0 aliphatic heterocycles. The largest absolute Gasteiger partial charge is 0.364 e. The molecule has 0 saturated heterocycles. The Labute approximate surface area is 110 Å². The number of nitrogens with zero attached hydrogens (tertiary/aromatic N) is 2. The minimum Gasteiger partial charge on any atom is -0.364 e. The summed E-state index contributed by atoms with van der Waals surface area (Å²) in [4.78, 5) is 0. The summed E-state index contributed by atoms with van der Waals surface area (Å²) in [5.41, 5.74) is 1.25. The lowest BCUT2D eigenvalue weighted by Gasteiger charge is -2.06. The maximum atomic E-state index is 13.4. The molecule has 0 spiro atoms. The molecule has 3 nitrogen and oxygen atoms in total. The number of hydrogen-bond acceptors (Lipinski definition) is 2. The van der Waals surface area contributed by atoms with E-state index in [1.807, 2.05) is 13.1 Å². The van der Waals surface area contributed by atoms with Crippen molar-refractivity contribution in [1.29, 1.82) is 0 Å². The van der Waals surface area contributed by atoms with Gasteiger partial charge in [-0.3, -0.25) is 4.68 Å². The van der Waals surface area contributed by atoms with E-state index >= 15 is 0 Å². The van der Waals surface area contributed by atoms with Gasteiger partial charge in [0.25, 0.3) is 0 Å². The predicted octanol–water partition coefficient (Wildman–Crippen LogP) is 3.04. The maximum absolute atomic E-state index is 13.4. The van der Waals surface area contributed by atoms with E-state index in [-0.39, 0.29) is 24.5 Å². The first-order chi connectivity index (χ1) is 8.08. The van der Waals surface area contributed by atoms with Crippen LogP contribution < -0.4 is 5.32 Å². The Morgan fingerprint density at radius 2 is 2.06 bits per heavy atom. The maximum Gasteiger partial charge on any atom is 0.163 e. The van der Waals surface area contributed by atoms with Crippen LogP contribution in [0.3, 0.4) is 0 Å². The van der Waals surface area contributed by atoms with Crippen LogP contribution in [0.5, 0.6) is 0 Å². The van der Waals surface area contributed by atoms with Gasteiger partial charge in [-0.2, -0.15) is 5.10 Å². The van der Waals surface area contributed by atoms with Gasteiger partial charge in [-0.15, -0.1) is 12.4 Å². The van der Waals surface area contributed by atoms with Crippen LogP contribution in [0.4, 0.5) is 14.6 Å². The SMILES string of the molecule is Cc1cn(C)nc1NCc1cccc(F)c1F.Cl. The van der Waals surface area contributed by atoms with E-state index < -0.39 is 11.6 Å². The van der Waals surface area contributed by atoms with Crippen molar-refractivity contribution in [3.8, 4) is 0 Å². The van der Waals surface area contributed by atoms with Gasteiger partial charge in [-0.1, -0.05) is 12.1 Å². The summed E-state index contributed by atoms with van der Waals surface area (Å²) >= 11 is 0. The van der Waals surface area contributed by atoms with E-state index in [9.17, 15) is 8.78 Å². The molecule has 1 N–H and O–H groups in total. The monoisotopic (exact) mass is 273 g/mol. The average molecular weight is 274 g/mol. The molecule has 18 heavy (non-hydrogen) atoms. The molecular weight excluding hydrogens is 260 g/mol. The van der Waals surface area contributed by atoms with Crippen LogP contribution in [0.25, 0.3) is 0 Å².